The van der Waals surface area contributed by atoms with Crippen LogP contribution in [0.5, 0.6) is 0 Å². The van der Waals surface area contributed by atoms with E-state index < -0.39 is 49.9 Å². The molecule has 1 aliphatic rings. The lowest BCUT2D eigenvalue weighted by Crippen LogP contribution is -2.36. The molecule has 1 aromatic rings. The molecule has 1 fully saturated rings. The van der Waals surface area contributed by atoms with E-state index >= 15 is 0 Å². The van der Waals surface area contributed by atoms with Crippen molar-refractivity contribution < 1.29 is 20.2 Å². The Balaban J connectivity index is 2.90. The van der Waals surface area contributed by atoms with Crippen LogP contribution < -0.4 is 4.90 Å². The topological polar surface area (TPSA) is 49.2 Å². The molecule has 0 radical (unpaired) electrons. The lowest BCUT2D eigenvalue weighted by Gasteiger charge is -2.30. The van der Waals surface area contributed by atoms with Crippen molar-refractivity contribution in [2.45, 2.75) is 18.8 Å². The van der Waals surface area contributed by atoms with E-state index in [-0.39, 0.29) is 9.63 Å². The average molecular weight is 269 g/mol. The molecule has 4 nitrogen and oxygen atoms in total. The van der Waals surface area contributed by atoms with Crippen LogP contribution >= 0.6 is 15.9 Å². The predicted molar refractivity (Wildman–Crippen MR) is 57.2 cm³/mol. The maximum Gasteiger partial charge on any atom is 0.198 e. The highest BCUT2D eigenvalue weighted by molar-refractivity contribution is 9.10. The maximum absolute atomic E-state index is 10.0. The molecule has 0 unspecified atom stereocenters. The van der Waals surface area contributed by atoms with Gasteiger partial charge >= 0.3 is 0 Å². The summed E-state index contributed by atoms with van der Waals surface area (Å²) in [5, 5.41) is 10.0. The van der Waals surface area contributed by atoms with Gasteiger partial charge in [0.2, 0.25) is 0 Å². The van der Waals surface area contributed by atoms with Crippen molar-refractivity contribution in [3.8, 4) is 0 Å². The van der Waals surface area contributed by atoms with Crippen LogP contribution in [0.2, 0.25) is 0 Å². The van der Waals surface area contributed by atoms with Gasteiger partial charge in [-0.15, -0.1) is 0 Å². The number of rotatable bonds is 1. The molecule has 1 saturated heterocycles. The minimum absolute atomic E-state index is 0.101. The molecule has 5 heteroatoms. The van der Waals surface area contributed by atoms with Crippen LogP contribution in [0.25, 0.3) is 0 Å². The number of aliphatic hydroxyl groups is 1. The fourth-order valence-corrected chi connectivity index (χ4v) is 1.01. The van der Waals surface area contributed by atoms with Gasteiger partial charge in [0, 0.05) is 30.1 Å². The number of aromatic nitrogens is 2. The van der Waals surface area contributed by atoms with Crippen molar-refractivity contribution in [1.82, 2.24) is 9.97 Å². The van der Waals surface area contributed by atoms with E-state index in [0.717, 1.165) is 0 Å². The minimum atomic E-state index is -3.81. The SMILES string of the molecule is [2H]c1nc(Br)nc(N2C([2H])([2H])C([2H])([2H])C([2H])(O)C([2H])([2H])C2([2H])[2H])c1[2H]. The maximum atomic E-state index is 10.0. The first-order valence-corrected chi connectivity index (χ1v) is 4.27. The lowest BCUT2D eigenvalue weighted by atomic mass is 10.1. The summed E-state index contributed by atoms with van der Waals surface area (Å²) in [6, 6.07) is -0.877. The summed E-state index contributed by atoms with van der Waals surface area (Å²) in [6.45, 7) is -7.01. The predicted octanol–water partition coefficient (Wildman–Crippen LogP) is 1.20. The third-order valence-electron chi connectivity index (χ3n) is 1.30. The van der Waals surface area contributed by atoms with Crippen molar-refractivity contribution in [3.63, 3.8) is 0 Å². The number of hydrogen-bond donors (Lipinski definition) is 1. The molecule has 0 amide bonds. The van der Waals surface area contributed by atoms with E-state index in [0.29, 0.717) is 0 Å². The Labute approximate surface area is 107 Å². The fraction of sp³-hybridized carbons (Fsp3) is 0.556. The third-order valence-corrected chi connectivity index (χ3v) is 1.65. The lowest BCUT2D eigenvalue weighted by molar-refractivity contribution is 0.145. The molecule has 1 aliphatic heterocycles. The van der Waals surface area contributed by atoms with Gasteiger partial charge in [-0.25, -0.2) is 9.97 Å². The molecule has 14 heavy (non-hydrogen) atoms. The van der Waals surface area contributed by atoms with Crippen LogP contribution in [-0.2, 0) is 0 Å². The molecule has 0 spiro atoms. The highest BCUT2D eigenvalue weighted by Crippen LogP contribution is 2.18. The van der Waals surface area contributed by atoms with Crippen molar-refractivity contribution in [1.29, 1.82) is 0 Å². The summed E-state index contributed by atoms with van der Waals surface area (Å²) in [7, 11) is 0. The van der Waals surface area contributed by atoms with Gasteiger partial charge in [0.1, 0.15) is 5.82 Å². The summed E-state index contributed by atoms with van der Waals surface area (Å²) in [5.41, 5.74) is 0. The Morgan fingerprint density at radius 1 is 1.71 bits per heavy atom. The van der Waals surface area contributed by atoms with Gasteiger partial charge in [0.15, 0.2) is 4.73 Å². The van der Waals surface area contributed by atoms with Gasteiger partial charge in [0.25, 0.3) is 0 Å². The van der Waals surface area contributed by atoms with Gasteiger partial charge in [-0.2, -0.15) is 0 Å². The van der Waals surface area contributed by atoms with Gasteiger partial charge in [-0.1, -0.05) is 0 Å². The van der Waals surface area contributed by atoms with Gasteiger partial charge in [-0.3, -0.25) is 0 Å². The summed E-state index contributed by atoms with van der Waals surface area (Å²) in [5.74, 6) is -0.898. The molecular weight excluding hydrogens is 246 g/mol. The van der Waals surface area contributed by atoms with Crippen LogP contribution in [0.4, 0.5) is 5.82 Å². The standard InChI is InChI=1S/C9H12BrN3O/c10-9-11-4-1-8(12-9)13-5-2-7(14)3-6-13/h1,4,7,14H,2-3,5-6H2/i1D,2D2,3D2,4D,5D2,6D2,7D. The molecule has 2 heterocycles. The van der Waals surface area contributed by atoms with Crippen molar-refractivity contribution >= 4 is 21.7 Å². The Hall–Kier alpha value is -0.680. The van der Waals surface area contributed by atoms with Crippen molar-refractivity contribution in [2.75, 3.05) is 17.9 Å². The Kier molecular flexibility index (Phi) is 0.953. The summed E-state index contributed by atoms with van der Waals surface area (Å²) in [6.07, 6.45) is -11.8. The Morgan fingerprint density at radius 3 is 3.14 bits per heavy atom. The van der Waals surface area contributed by atoms with Crippen molar-refractivity contribution in [2.24, 2.45) is 0 Å². The normalized spacial score (nSPS) is 46.7. The van der Waals surface area contributed by atoms with Gasteiger partial charge in [-0.05, 0) is 34.7 Å². The minimum Gasteiger partial charge on any atom is -0.393 e. The largest absolute Gasteiger partial charge is 0.393 e. The summed E-state index contributed by atoms with van der Waals surface area (Å²) >= 11 is 2.80. The van der Waals surface area contributed by atoms with Crippen LogP contribution in [-0.4, -0.2) is 34.1 Å². The number of piperidine rings is 1. The number of hydrogen-bond acceptors (Lipinski definition) is 4. The van der Waals surface area contributed by atoms with E-state index in [2.05, 4.69) is 25.9 Å². The second kappa shape index (κ2) is 4.23. The molecule has 0 saturated carbocycles. The summed E-state index contributed by atoms with van der Waals surface area (Å²) < 4.78 is 85.5. The summed E-state index contributed by atoms with van der Waals surface area (Å²) in [4.78, 5) is 6.96. The van der Waals surface area contributed by atoms with Gasteiger partial charge in [0.05, 0.1) is 10.2 Å². The van der Waals surface area contributed by atoms with Crippen molar-refractivity contribution in [3.05, 3.63) is 16.9 Å². The monoisotopic (exact) mass is 268 g/mol. The first-order chi connectivity index (χ1) is 10.9. The zero-order chi connectivity index (χ0) is 19.8. The zero-order valence-electron chi connectivity index (χ0n) is 17.7. The molecule has 0 aliphatic carbocycles. The Bertz CT molecular complexity index is 695. The molecule has 2 rings (SSSR count). The van der Waals surface area contributed by atoms with E-state index in [1.165, 1.54) is 0 Å². The van der Waals surface area contributed by atoms with E-state index in [1.807, 2.05) is 0 Å². The number of anilines is 1. The molecule has 0 atom stereocenters. The first-order valence-electron chi connectivity index (χ1n) is 8.98. The fourth-order valence-electron chi connectivity index (χ4n) is 0.753. The third kappa shape index (κ3) is 2.22. The van der Waals surface area contributed by atoms with E-state index in [9.17, 15) is 5.11 Å². The number of halogens is 1. The molecule has 0 aromatic carbocycles. The van der Waals surface area contributed by atoms with E-state index in [1.54, 1.807) is 0 Å². The quantitative estimate of drug-likeness (QED) is 0.778. The average Bonchev–Trinajstić information content (AvgIpc) is 2.41. The highest BCUT2D eigenvalue weighted by Gasteiger charge is 2.17. The van der Waals surface area contributed by atoms with Crippen LogP contribution in [0.1, 0.15) is 27.8 Å². The molecule has 0 bridgehead atoms. The van der Waals surface area contributed by atoms with Crippen LogP contribution in [0.15, 0.2) is 16.9 Å². The molecule has 76 valence electrons. The second-order valence-corrected chi connectivity index (χ2v) is 2.92. The zero-order valence-corrected chi connectivity index (χ0v) is 8.25. The van der Waals surface area contributed by atoms with Gasteiger partial charge < -0.3 is 10.0 Å². The molecule has 1 N–H and O–H groups in total. The van der Waals surface area contributed by atoms with E-state index in [4.69, 9.17) is 15.1 Å². The van der Waals surface area contributed by atoms with Crippen LogP contribution in [0, 0.1) is 0 Å². The first kappa shape index (κ1) is 3.15. The smallest absolute Gasteiger partial charge is 0.198 e. The molecular formula is C9H12BrN3O. The van der Waals surface area contributed by atoms with Crippen LogP contribution in [0.3, 0.4) is 0 Å². The second-order valence-electron chi connectivity index (χ2n) is 2.21. The molecule has 1 aromatic heterocycles. The number of nitrogens with zero attached hydrogens (tertiary/aromatic N) is 3. The highest BCUT2D eigenvalue weighted by atomic mass is 79.9. The Morgan fingerprint density at radius 2 is 2.43 bits per heavy atom.